The molecule has 152 valence electrons. The standard InChI is InChI=1S/C20H20N2O5S2/c1-4-27-20(24)17-15-7-5-6-8-16(15)28-19(17)21-18(23)13-9-11-14(12-10-13)29(25,26)22(2)3/h5-12H,4H2,1-3H3,(H,21,23). The molecule has 0 saturated heterocycles. The number of nitrogens with zero attached hydrogens (tertiary/aromatic N) is 1. The lowest BCUT2D eigenvalue weighted by atomic mass is 10.1. The van der Waals surface area contributed by atoms with E-state index >= 15 is 0 Å². The molecule has 0 spiro atoms. The largest absolute Gasteiger partial charge is 0.462 e. The van der Waals surface area contributed by atoms with E-state index in [4.69, 9.17) is 4.74 Å². The molecule has 7 nitrogen and oxygen atoms in total. The first-order valence-electron chi connectivity index (χ1n) is 8.78. The molecule has 1 aromatic heterocycles. The number of benzene rings is 2. The van der Waals surface area contributed by atoms with Crippen molar-refractivity contribution in [3.8, 4) is 0 Å². The number of thiophene rings is 1. The number of anilines is 1. The number of hydrogen-bond acceptors (Lipinski definition) is 6. The highest BCUT2D eigenvalue weighted by Gasteiger charge is 2.22. The Balaban J connectivity index is 1.92. The van der Waals surface area contributed by atoms with Gasteiger partial charge in [-0.05, 0) is 37.3 Å². The smallest absolute Gasteiger partial charge is 0.341 e. The number of hydrogen-bond donors (Lipinski definition) is 1. The summed E-state index contributed by atoms with van der Waals surface area (Å²) in [6.07, 6.45) is 0. The van der Waals surface area contributed by atoms with E-state index in [0.29, 0.717) is 16.0 Å². The first kappa shape index (κ1) is 21.0. The van der Waals surface area contributed by atoms with E-state index in [1.807, 2.05) is 18.2 Å². The van der Waals surface area contributed by atoms with Gasteiger partial charge in [0.2, 0.25) is 10.0 Å². The van der Waals surface area contributed by atoms with E-state index in [1.165, 1.54) is 49.7 Å². The summed E-state index contributed by atoms with van der Waals surface area (Å²) in [5.41, 5.74) is 0.586. The third kappa shape index (κ3) is 4.16. The number of amides is 1. The third-order valence-electron chi connectivity index (χ3n) is 4.20. The maximum Gasteiger partial charge on any atom is 0.341 e. The second kappa shape index (κ2) is 8.32. The van der Waals surface area contributed by atoms with Crippen LogP contribution in [-0.4, -0.2) is 45.3 Å². The summed E-state index contributed by atoms with van der Waals surface area (Å²) in [7, 11) is -0.700. The number of carbonyl (C=O) groups excluding carboxylic acids is 2. The molecule has 0 unspecified atom stereocenters. The lowest BCUT2D eigenvalue weighted by molar-refractivity contribution is 0.0530. The van der Waals surface area contributed by atoms with Crippen LogP contribution < -0.4 is 5.32 Å². The van der Waals surface area contributed by atoms with E-state index in [-0.39, 0.29) is 17.1 Å². The Kier molecular flexibility index (Phi) is 6.02. The Morgan fingerprint density at radius 1 is 1.07 bits per heavy atom. The molecule has 0 bridgehead atoms. The molecule has 9 heteroatoms. The summed E-state index contributed by atoms with van der Waals surface area (Å²) < 4.78 is 31.4. The maximum atomic E-state index is 12.7. The lowest BCUT2D eigenvalue weighted by Gasteiger charge is -2.11. The summed E-state index contributed by atoms with van der Waals surface area (Å²) in [6, 6.07) is 12.9. The Bertz CT molecular complexity index is 1170. The quantitative estimate of drug-likeness (QED) is 0.601. The molecule has 0 fully saturated rings. The third-order valence-corrected chi connectivity index (χ3v) is 7.11. The molecule has 0 saturated carbocycles. The normalized spacial score (nSPS) is 11.6. The first-order chi connectivity index (χ1) is 13.8. The van der Waals surface area contributed by atoms with Gasteiger partial charge in [0.1, 0.15) is 10.6 Å². The zero-order valence-corrected chi connectivity index (χ0v) is 17.8. The van der Waals surface area contributed by atoms with Crippen LogP contribution in [-0.2, 0) is 14.8 Å². The van der Waals surface area contributed by atoms with Gasteiger partial charge in [0, 0.05) is 29.7 Å². The number of ether oxygens (including phenoxy) is 1. The highest BCUT2D eigenvalue weighted by atomic mass is 32.2. The van der Waals surface area contributed by atoms with Gasteiger partial charge in [-0.15, -0.1) is 11.3 Å². The maximum absolute atomic E-state index is 12.7. The molecule has 0 atom stereocenters. The Hall–Kier alpha value is -2.75. The van der Waals surface area contributed by atoms with Crippen LogP contribution in [0.15, 0.2) is 53.4 Å². The average Bonchev–Trinajstić information content (AvgIpc) is 3.06. The van der Waals surface area contributed by atoms with Crippen molar-refractivity contribution in [2.24, 2.45) is 0 Å². The van der Waals surface area contributed by atoms with Crippen molar-refractivity contribution in [1.82, 2.24) is 4.31 Å². The first-order valence-corrected chi connectivity index (χ1v) is 11.0. The number of esters is 1. The molecule has 1 heterocycles. The summed E-state index contributed by atoms with van der Waals surface area (Å²) in [4.78, 5) is 25.2. The van der Waals surface area contributed by atoms with Crippen molar-refractivity contribution in [3.63, 3.8) is 0 Å². The SMILES string of the molecule is CCOC(=O)c1c(NC(=O)c2ccc(S(=O)(=O)N(C)C)cc2)sc2ccccc12. The topological polar surface area (TPSA) is 92.8 Å². The molecule has 29 heavy (non-hydrogen) atoms. The number of rotatable bonds is 6. The Morgan fingerprint density at radius 2 is 1.72 bits per heavy atom. The minimum absolute atomic E-state index is 0.0909. The van der Waals surface area contributed by atoms with Crippen molar-refractivity contribution < 1.29 is 22.7 Å². The van der Waals surface area contributed by atoms with Crippen LogP contribution in [0.1, 0.15) is 27.6 Å². The Labute approximate surface area is 173 Å². The zero-order chi connectivity index (χ0) is 21.2. The molecule has 3 rings (SSSR count). The molecular weight excluding hydrogens is 412 g/mol. The van der Waals surface area contributed by atoms with Gasteiger partial charge < -0.3 is 10.1 Å². The number of fused-ring (bicyclic) bond motifs is 1. The summed E-state index contributed by atoms with van der Waals surface area (Å²) in [6.45, 7) is 1.94. The number of carbonyl (C=O) groups is 2. The van der Waals surface area contributed by atoms with Gasteiger partial charge in [0.05, 0.1) is 11.5 Å². The molecule has 0 aliphatic heterocycles. The van der Waals surface area contributed by atoms with E-state index in [0.717, 1.165) is 9.01 Å². The second-order valence-electron chi connectivity index (χ2n) is 6.29. The van der Waals surface area contributed by atoms with Crippen LogP contribution in [0.3, 0.4) is 0 Å². The van der Waals surface area contributed by atoms with Gasteiger partial charge in [-0.1, -0.05) is 18.2 Å². The van der Waals surface area contributed by atoms with Crippen molar-refractivity contribution in [2.45, 2.75) is 11.8 Å². The van der Waals surface area contributed by atoms with Crippen LogP contribution in [0.5, 0.6) is 0 Å². The second-order valence-corrected chi connectivity index (χ2v) is 9.49. The van der Waals surface area contributed by atoms with Crippen LogP contribution in [0.25, 0.3) is 10.1 Å². The van der Waals surface area contributed by atoms with Gasteiger partial charge in [0.15, 0.2) is 0 Å². The van der Waals surface area contributed by atoms with Crippen molar-refractivity contribution in [2.75, 3.05) is 26.0 Å². The van der Waals surface area contributed by atoms with Gasteiger partial charge >= 0.3 is 5.97 Å². The number of nitrogens with one attached hydrogen (secondary N) is 1. The number of sulfonamides is 1. The minimum Gasteiger partial charge on any atom is -0.462 e. The highest BCUT2D eigenvalue weighted by Crippen LogP contribution is 2.36. The Morgan fingerprint density at radius 3 is 2.34 bits per heavy atom. The molecule has 1 N–H and O–H groups in total. The molecule has 2 aromatic carbocycles. The predicted octanol–water partition coefficient (Wildman–Crippen LogP) is 3.58. The summed E-state index contributed by atoms with van der Waals surface area (Å²) in [5, 5.41) is 3.85. The zero-order valence-electron chi connectivity index (χ0n) is 16.1. The molecule has 1 amide bonds. The lowest BCUT2D eigenvalue weighted by Crippen LogP contribution is -2.22. The van der Waals surface area contributed by atoms with Crippen LogP contribution in [0, 0.1) is 0 Å². The monoisotopic (exact) mass is 432 g/mol. The predicted molar refractivity (Wildman–Crippen MR) is 113 cm³/mol. The average molecular weight is 433 g/mol. The molecule has 0 radical (unpaired) electrons. The van der Waals surface area contributed by atoms with Crippen molar-refractivity contribution in [1.29, 1.82) is 0 Å². The molecular formula is C20H20N2O5S2. The van der Waals surface area contributed by atoms with Gasteiger partial charge in [-0.2, -0.15) is 0 Å². The van der Waals surface area contributed by atoms with Gasteiger partial charge in [-0.25, -0.2) is 17.5 Å². The fourth-order valence-electron chi connectivity index (χ4n) is 2.70. The molecule has 3 aromatic rings. The molecule has 0 aliphatic carbocycles. The van der Waals surface area contributed by atoms with Gasteiger partial charge in [-0.3, -0.25) is 4.79 Å². The molecule has 0 aliphatic rings. The fourth-order valence-corrected chi connectivity index (χ4v) is 4.69. The van der Waals surface area contributed by atoms with E-state index in [1.54, 1.807) is 13.0 Å². The minimum atomic E-state index is -3.58. The van der Waals surface area contributed by atoms with E-state index < -0.39 is 21.9 Å². The van der Waals surface area contributed by atoms with Crippen molar-refractivity contribution >= 4 is 48.3 Å². The van der Waals surface area contributed by atoms with Crippen LogP contribution in [0.2, 0.25) is 0 Å². The highest BCUT2D eigenvalue weighted by molar-refractivity contribution is 7.89. The fraction of sp³-hybridized carbons (Fsp3) is 0.200. The van der Waals surface area contributed by atoms with Crippen molar-refractivity contribution in [3.05, 3.63) is 59.7 Å². The summed E-state index contributed by atoms with van der Waals surface area (Å²) >= 11 is 1.28. The van der Waals surface area contributed by atoms with Crippen LogP contribution in [0.4, 0.5) is 5.00 Å². The van der Waals surface area contributed by atoms with Crippen LogP contribution >= 0.6 is 11.3 Å². The van der Waals surface area contributed by atoms with E-state index in [2.05, 4.69) is 5.32 Å². The van der Waals surface area contributed by atoms with Gasteiger partial charge in [0.25, 0.3) is 5.91 Å². The summed E-state index contributed by atoms with van der Waals surface area (Å²) in [5.74, 6) is -0.955. The van der Waals surface area contributed by atoms with E-state index in [9.17, 15) is 18.0 Å².